The lowest BCUT2D eigenvalue weighted by Gasteiger charge is -2.07. The molecule has 128 valence electrons. The van der Waals surface area contributed by atoms with Gasteiger partial charge in [-0.3, -0.25) is 4.98 Å². The van der Waals surface area contributed by atoms with Crippen molar-refractivity contribution in [2.24, 2.45) is 0 Å². The Morgan fingerprint density at radius 3 is 2.69 bits per heavy atom. The first-order valence-corrected chi connectivity index (χ1v) is 8.70. The number of benzene rings is 2. The summed E-state index contributed by atoms with van der Waals surface area (Å²) in [4.78, 5) is 8.73. The van der Waals surface area contributed by atoms with Gasteiger partial charge in [0.05, 0.1) is 11.9 Å². The summed E-state index contributed by atoms with van der Waals surface area (Å²) in [5.41, 5.74) is 3.09. The van der Waals surface area contributed by atoms with Gasteiger partial charge in [-0.1, -0.05) is 42.5 Å². The molecule has 0 radical (unpaired) electrons. The predicted octanol–water partition coefficient (Wildman–Crippen LogP) is 4.13. The largest absolute Gasteiger partial charge is 0.353 e. The van der Waals surface area contributed by atoms with Gasteiger partial charge in [-0.15, -0.1) is 5.10 Å². The Bertz CT molecular complexity index is 1000. The van der Waals surface area contributed by atoms with Crippen LogP contribution in [0.5, 0.6) is 0 Å². The molecule has 5 nitrogen and oxygen atoms in total. The van der Waals surface area contributed by atoms with Crippen LogP contribution >= 0.6 is 0 Å². The molecule has 4 rings (SSSR count). The lowest BCUT2D eigenvalue weighted by Crippen LogP contribution is -2.07. The number of anilines is 1. The molecule has 0 atom stereocenters. The van der Waals surface area contributed by atoms with E-state index in [-0.39, 0.29) is 0 Å². The third-order valence-corrected chi connectivity index (χ3v) is 4.25. The molecular formula is C21H19N5. The highest BCUT2D eigenvalue weighted by Crippen LogP contribution is 2.22. The Balaban J connectivity index is 1.42. The molecule has 0 amide bonds. The van der Waals surface area contributed by atoms with Crippen LogP contribution in [0.3, 0.4) is 0 Å². The number of rotatable bonds is 6. The number of hydrogen-bond acceptors (Lipinski definition) is 5. The van der Waals surface area contributed by atoms with Crippen molar-refractivity contribution in [1.82, 2.24) is 20.2 Å². The predicted molar refractivity (Wildman–Crippen MR) is 104 cm³/mol. The SMILES string of the molecule is c1cncc(CCCNc2nncc(-c3ccc4ccccc4c3)n2)c1. The Labute approximate surface area is 152 Å². The minimum Gasteiger partial charge on any atom is -0.353 e. The van der Waals surface area contributed by atoms with E-state index >= 15 is 0 Å². The molecule has 0 spiro atoms. The van der Waals surface area contributed by atoms with Crippen LogP contribution in [-0.2, 0) is 6.42 Å². The summed E-state index contributed by atoms with van der Waals surface area (Å²) in [6, 6.07) is 18.6. The quantitative estimate of drug-likeness (QED) is 0.534. The van der Waals surface area contributed by atoms with Gasteiger partial charge in [-0.25, -0.2) is 4.98 Å². The summed E-state index contributed by atoms with van der Waals surface area (Å²) in [6.45, 7) is 0.789. The van der Waals surface area contributed by atoms with Gasteiger partial charge in [-0.05, 0) is 41.3 Å². The highest BCUT2D eigenvalue weighted by molar-refractivity contribution is 5.86. The molecule has 5 heteroatoms. The fraction of sp³-hybridized carbons (Fsp3) is 0.143. The van der Waals surface area contributed by atoms with Crippen molar-refractivity contribution in [3.05, 3.63) is 78.8 Å². The van der Waals surface area contributed by atoms with Gasteiger partial charge in [0.2, 0.25) is 5.95 Å². The van der Waals surface area contributed by atoms with Gasteiger partial charge >= 0.3 is 0 Å². The number of nitrogens with one attached hydrogen (secondary N) is 1. The Morgan fingerprint density at radius 2 is 1.81 bits per heavy atom. The van der Waals surface area contributed by atoms with Crippen molar-refractivity contribution in [2.75, 3.05) is 11.9 Å². The summed E-state index contributed by atoms with van der Waals surface area (Å²) in [5.74, 6) is 0.557. The molecule has 0 aliphatic rings. The summed E-state index contributed by atoms with van der Waals surface area (Å²) in [7, 11) is 0. The number of aromatic nitrogens is 4. The normalized spacial score (nSPS) is 10.8. The van der Waals surface area contributed by atoms with Crippen molar-refractivity contribution >= 4 is 16.7 Å². The summed E-state index contributed by atoms with van der Waals surface area (Å²) in [5, 5.41) is 13.8. The zero-order chi connectivity index (χ0) is 17.6. The number of aryl methyl sites for hydroxylation is 1. The van der Waals surface area contributed by atoms with E-state index in [1.54, 1.807) is 12.4 Å². The van der Waals surface area contributed by atoms with E-state index in [9.17, 15) is 0 Å². The molecule has 0 unspecified atom stereocenters. The van der Waals surface area contributed by atoms with Gasteiger partial charge in [0.25, 0.3) is 0 Å². The van der Waals surface area contributed by atoms with Crippen LogP contribution in [0.2, 0.25) is 0 Å². The highest BCUT2D eigenvalue weighted by atomic mass is 15.2. The van der Waals surface area contributed by atoms with Crippen molar-refractivity contribution in [3.63, 3.8) is 0 Å². The van der Waals surface area contributed by atoms with E-state index in [1.807, 2.05) is 24.4 Å². The molecule has 0 bridgehead atoms. The first kappa shape index (κ1) is 16.1. The van der Waals surface area contributed by atoms with Crippen molar-refractivity contribution in [3.8, 4) is 11.3 Å². The first-order chi connectivity index (χ1) is 12.9. The number of pyridine rings is 1. The van der Waals surface area contributed by atoms with Crippen LogP contribution in [0.1, 0.15) is 12.0 Å². The molecule has 2 heterocycles. The van der Waals surface area contributed by atoms with E-state index in [0.717, 1.165) is 30.6 Å². The molecule has 0 saturated heterocycles. The molecule has 26 heavy (non-hydrogen) atoms. The summed E-state index contributed by atoms with van der Waals surface area (Å²) in [6.07, 6.45) is 7.34. The maximum absolute atomic E-state index is 4.60. The van der Waals surface area contributed by atoms with Crippen molar-refractivity contribution in [2.45, 2.75) is 12.8 Å². The molecule has 2 aromatic carbocycles. The molecule has 4 aromatic rings. The van der Waals surface area contributed by atoms with Crippen LogP contribution in [0.4, 0.5) is 5.95 Å². The van der Waals surface area contributed by atoms with Crippen LogP contribution in [-0.4, -0.2) is 26.7 Å². The third kappa shape index (κ3) is 3.83. The molecular weight excluding hydrogens is 322 g/mol. The molecule has 0 aliphatic carbocycles. The maximum atomic E-state index is 4.60. The third-order valence-electron chi connectivity index (χ3n) is 4.25. The van der Waals surface area contributed by atoms with Crippen LogP contribution in [0.25, 0.3) is 22.0 Å². The van der Waals surface area contributed by atoms with Gasteiger partial charge in [-0.2, -0.15) is 5.10 Å². The second kappa shape index (κ2) is 7.70. The van der Waals surface area contributed by atoms with Gasteiger partial charge in [0.15, 0.2) is 0 Å². The lowest BCUT2D eigenvalue weighted by atomic mass is 10.1. The smallest absolute Gasteiger partial charge is 0.243 e. The second-order valence-electron chi connectivity index (χ2n) is 6.12. The average Bonchev–Trinajstić information content (AvgIpc) is 2.72. The topological polar surface area (TPSA) is 63.6 Å². The zero-order valence-electron chi connectivity index (χ0n) is 14.3. The summed E-state index contributed by atoms with van der Waals surface area (Å²) >= 11 is 0. The summed E-state index contributed by atoms with van der Waals surface area (Å²) < 4.78 is 0. The molecule has 0 saturated carbocycles. The van der Waals surface area contributed by atoms with E-state index in [2.05, 4.69) is 61.9 Å². The van der Waals surface area contributed by atoms with Crippen molar-refractivity contribution < 1.29 is 0 Å². The van der Waals surface area contributed by atoms with Crippen molar-refractivity contribution in [1.29, 1.82) is 0 Å². The lowest BCUT2D eigenvalue weighted by molar-refractivity contribution is 0.839. The van der Waals surface area contributed by atoms with Crippen LogP contribution < -0.4 is 5.32 Å². The Morgan fingerprint density at radius 1 is 0.885 bits per heavy atom. The minimum atomic E-state index is 0.557. The number of nitrogens with zero attached hydrogens (tertiary/aromatic N) is 4. The highest BCUT2D eigenvalue weighted by Gasteiger charge is 2.04. The zero-order valence-corrected chi connectivity index (χ0v) is 14.3. The van der Waals surface area contributed by atoms with E-state index < -0.39 is 0 Å². The molecule has 1 N–H and O–H groups in total. The first-order valence-electron chi connectivity index (χ1n) is 8.70. The van der Waals surface area contributed by atoms with Crippen LogP contribution in [0, 0.1) is 0 Å². The second-order valence-corrected chi connectivity index (χ2v) is 6.12. The fourth-order valence-electron chi connectivity index (χ4n) is 2.90. The standard InChI is InChI=1S/C21H19N5/c1-2-8-18-13-19(10-9-17(18)7-1)20-15-24-26-21(25-20)23-12-4-6-16-5-3-11-22-14-16/h1-3,5,7-11,13-15H,4,6,12H2,(H,23,25,26). The van der Waals surface area contributed by atoms with E-state index in [1.165, 1.54) is 16.3 Å². The monoisotopic (exact) mass is 341 g/mol. The van der Waals surface area contributed by atoms with E-state index in [4.69, 9.17) is 0 Å². The Hall–Kier alpha value is -3.34. The van der Waals surface area contributed by atoms with Gasteiger partial charge in [0.1, 0.15) is 0 Å². The minimum absolute atomic E-state index is 0.557. The average molecular weight is 341 g/mol. The van der Waals surface area contributed by atoms with E-state index in [0.29, 0.717) is 5.95 Å². The number of fused-ring (bicyclic) bond motifs is 1. The molecule has 2 aromatic heterocycles. The van der Waals surface area contributed by atoms with Gasteiger partial charge < -0.3 is 5.32 Å². The molecule has 0 aliphatic heterocycles. The number of hydrogen-bond donors (Lipinski definition) is 1. The fourth-order valence-corrected chi connectivity index (χ4v) is 2.90. The van der Waals surface area contributed by atoms with Crippen LogP contribution in [0.15, 0.2) is 73.2 Å². The molecule has 0 fully saturated rings. The van der Waals surface area contributed by atoms with Gasteiger partial charge in [0, 0.05) is 24.5 Å². The maximum Gasteiger partial charge on any atom is 0.243 e. The Kier molecular flexibility index (Phi) is 4.78.